The lowest BCUT2D eigenvalue weighted by Gasteiger charge is -2.38. The average Bonchev–Trinajstić information content (AvgIpc) is 3.83. The number of phenols is 2. The molecule has 6 heterocycles. The van der Waals surface area contributed by atoms with Gasteiger partial charge in [-0.25, -0.2) is 4.99 Å². The van der Waals surface area contributed by atoms with Gasteiger partial charge in [0.15, 0.2) is 5.75 Å². The number of methoxy groups -OCH3 is 1. The van der Waals surface area contributed by atoms with Gasteiger partial charge in [-0.1, -0.05) is 59.8 Å². The molecule has 1 amide bonds. The van der Waals surface area contributed by atoms with Crippen LogP contribution in [0.4, 0.5) is 5.69 Å². The van der Waals surface area contributed by atoms with Gasteiger partial charge in [-0.05, 0) is 45.7 Å². The van der Waals surface area contributed by atoms with Gasteiger partial charge in [0.05, 0.1) is 41.2 Å². The summed E-state index contributed by atoms with van der Waals surface area (Å²) in [7, 11) is 3.42. The van der Waals surface area contributed by atoms with E-state index in [2.05, 4.69) is 34.0 Å². The van der Waals surface area contributed by atoms with Crippen LogP contribution in [0.5, 0.6) is 17.2 Å². The number of nitrogens with zero attached hydrogens (tertiary/aromatic N) is 4. The number of likely N-dealkylation sites (tertiary alicyclic amines) is 2. The number of Topliss-reactive ketones (excluding diaryl/α,β-unsaturated/α-hetero) is 1. The maximum atomic E-state index is 14.9. The van der Waals surface area contributed by atoms with Crippen molar-refractivity contribution in [2.75, 3.05) is 52.2 Å². The second-order valence-electron chi connectivity index (χ2n) is 21.0. The van der Waals surface area contributed by atoms with Crippen LogP contribution < -0.4 is 20.8 Å². The molecule has 8 rings (SSSR count). The maximum absolute atomic E-state index is 14.9. The van der Waals surface area contributed by atoms with Crippen molar-refractivity contribution in [3.8, 4) is 17.2 Å². The molecule has 6 aliphatic heterocycles. The van der Waals surface area contributed by atoms with E-state index in [9.17, 15) is 39.6 Å². The summed E-state index contributed by atoms with van der Waals surface area (Å²) in [5, 5.41) is 51.2. The van der Waals surface area contributed by atoms with E-state index in [1.807, 2.05) is 7.05 Å². The zero-order chi connectivity index (χ0) is 51.9. The molecular formula is C53H73N5O13. The first kappa shape index (κ1) is 53.4. The van der Waals surface area contributed by atoms with Gasteiger partial charge in [0.25, 0.3) is 11.7 Å². The number of aliphatic hydroxyl groups is 2. The average molecular weight is 988 g/mol. The molecule has 0 radical (unpaired) electrons. The van der Waals surface area contributed by atoms with Crippen molar-refractivity contribution >= 4 is 40.1 Å². The summed E-state index contributed by atoms with van der Waals surface area (Å²) in [5.74, 6) is -8.32. The summed E-state index contributed by atoms with van der Waals surface area (Å²) >= 11 is 0. The van der Waals surface area contributed by atoms with Crippen molar-refractivity contribution in [2.45, 2.75) is 136 Å². The fourth-order valence-corrected chi connectivity index (χ4v) is 10.7. The Labute approximate surface area is 415 Å². The topological polar surface area (TPSA) is 239 Å². The molecular weight excluding hydrogens is 915 g/mol. The predicted octanol–water partition coefficient (Wildman–Crippen LogP) is 4.76. The molecule has 5 bridgehead atoms. The Morgan fingerprint density at radius 1 is 0.901 bits per heavy atom. The van der Waals surface area contributed by atoms with E-state index in [0.29, 0.717) is 50.4 Å². The third-order valence-electron chi connectivity index (χ3n) is 15.1. The predicted molar refractivity (Wildman–Crippen MR) is 263 cm³/mol. The van der Waals surface area contributed by atoms with Crippen molar-refractivity contribution in [1.29, 1.82) is 0 Å². The minimum Gasteiger partial charge on any atom is -0.507 e. The number of ketones is 1. The Morgan fingerprint density at radius 2 is 1.56 bits per heavy atom. The molecule has 9 atom stereocenters. The van der Waals surface area contributed by atoms with E-state index in [1.165, 1.54) is 32.4 Å². The number of anilines is 1. The minimum atomic E-state index is -2.02. The number of amides is 1. The number of ether oxygens (including phenoxy) is 5. The second kappa shape index (κ2) is 21.4. The molecule has 2 fully saturated rings. The molecule has 5 N–H and O–H groups in total. The number of benzene rings is 2. The number of hydrogen-bond acceptors (Lipinski definition) is 17. The van der Waals surface area contributed by atoms with E-state index in [0.717, 1.165) is 19.6 Å². The fraction of sp³-hybridized carbons (Fsp3) is 0.623. The van der Waals surface area contributed by atoms with E-state index >= 15 is 0 Å². The van der Waals surface area contributed by atoms with Gasteiger partial charge in [0, 0.05) is 99.8 Å². The van der Waals surface area contributed by atoms with Crippen molar-refractivity contribution in [3.63, 3.8) is 0 Å². The van der Waals surface area contributed by atoms with Crippen LogP contribution in [0.1, 0.15) is 103 Å². The third kappa shape index (κ3) is 10.9. The van der Waals surface area contributed by atoms with Crippen molar-refractivity contribution in [3.05, 3.63) is 58.0 Å². The molecule has 388 valence electrons. The van der Waals surface area contributed by atoms with E-state index in [-0.39, 0.29) is 50.0 Å². The molecule has 2 saturated heterocycles. The third-order valence-corrected chi connectivity index (χ3v) is 15.1. The van der Waals surface area contributed by atoms with Crippen LogP contribution in [0.3, 0.4) is 0 Å². The molecule has 0 unspecified atom stereocenters. The lowest BCUT2D eigenvalue weighted by Crippen LogP contribution is -2.47. The zero-order valence-corrected chi connectivity index (χ0v) is 43.0. The van der Waals surface area contributed by atoms with Gasteiger partial charge in [-0.3, -0.25) is 24.2 Å². The van der Waals surface area contributed by atoms with Crippen LogP contribution >= 0.6 is 0 Å². The number of carbonyl (C=O) groups excluding carboxylic acids is 4. The van der Waals surface area contributed by atoms with E-state index < -0.39 is 101 Å². The highest BCUT2D eigenvalue weighted by molar-refractivity contribution is 6.21. The molecule has 0 aliphatic carbocycles. The van der Waals surface area contributed by atoms with Gasteiger partial charge in [-0.2, -0.15) is 0 Å². The van der Waals surface area contributed by atoms with Crippen LogP contribution in [0.15, 0.2) is 46.1 Å². The van der Waals surface area contributed by atoms with Crippen molar-refractivity contribution < 1.29 is 63.3 Å². The van der Waals surface area contributed by atoms with Crippen LogP contribution in [-0.2, 0) is 33.3 Å². The van der Waals surface area contributed by atoms with Gasteiger partial charge >= 0.3 is 17.7 Å². The molecule has 18 heteroatoms. The van der Waals surface area contributed by atoms with Crippen molar-refractivity contribution in [1.82, 2.24) is 9.80 Å². The first-order valence-corrected chi connectivity index (χ1v) is 25.0. The quantitative estimate of drug-likeness (QED) is 0.143. The van der Waals surface area contributed by atoms with Crippen molar-refractivity contribution in [2.24, 2.45) is 39.6 Å². The van der Waals surface area contributed by atoms with Gasteiger partial charge in [-0.15, -0.1) is 0 Å². The smallest absolute Gasteiger partial charge is 0.317 e. The van der Waals surface area contributed by atoms with Gasteiger partial charge < -0.3 is 59.2 Å². The highest BCUT2D eigenvalue weighted by atomic mass is 16.7. The molecule has 71 heavy (non-hydrogen) atoms. The Hall–Kier alpha value is -5.40. The van der Waals surface area contributed by atoms with E-state index in [4.69, 9.17) is 28.7 Å². The Bertz CT molecular complexity index is 2610. The largest absolute Gasteiger partial charge is 0.507 e. The zero-order valence-electron chi connectivity index (χ0n) is 43.0. The lowest BCUT2D eigenvalue weighted by atomic mass is 9.78. The Morgan fingerprint density at radius 3 is 2.21 bits per heavy atom. The minimum absolute atomic E-state index is 0.0227. The number of fused-ring (bicyclic) bond motifs is 13. The normalized spacial score (nSPS) is 31.5. The molecule has 6 aliphatic rings. The molecule has 2 aromatic rings. The van der Waals surface area contributed by atoms with Crippen LogP contribution in [-0.4, -0.2) is 143 Å². The SMILES string of the molecule is CO[C@H]1/C=C/O[C@@]2(C)Oc3c(C)c(O)c4c(O)c(c5c(c4c3C2=O)NC2(CCN(CC(C)C)CC2)N=5)=NC(=O)/C(C)=C\C=C\[C@H](C)[C@H](O)[C@@H](C)[C@@H](O)[C@@H](C)[C@H](OC(=O)CC(=O)OC2CCN(C)CC2)[C@@H]1C. The monoisotopic (exact) mass is 988 g/mol. The maximum Gasteiger partial charge on any atom is 0.317 e. The number of carbonyl (C=O) groups is 4. The number of esters is 2. The first-order valence-electron chi connectivity index (χ1n) is 25.0. The van der Waals surface area contributed by atoms with Crippen LogP contribution in [0.2, 0.25) is 0 Å². The highest BCUT2D eigenvalue weighted by Gasteiger charge is 2.51. The fourth-order valence-electron chi connectivity index (χ4n) is 10.7. The summed E-state index contributed by atoms with van der Waals surface area (Å²) in [6.07, 6.45) is 4.62. The molecule has 18 nitrogen and oxygen atoms in total. The molecule has 2 aromatic carbocycles. The summed E-state index contributed by atoms with van der Waals surface area (Å²) in [6.45, 7) is 19.5. The van der Waals surface area contributed by atoms with Crippen LogP contribution in [0, 0.1) is 36.5 Å². The molecule has 0 aromatic heterocycles. The molecule has 0 saturated carbocycles. The standard InChI is InChI=1S/C53H73N5O13/c1-27(2)26-58-22-18-53(19-23-58)55-41-38-39-46(63)33(8)49-40(38)50(65)52(9,71-49)68-24-17-35(67-11)30(5)48(70-37(60)25-36(59)69-34-15-20-57(10)21-16-34)32(7)45(62)31(6)44(61)28(3)13-12-14-29(4)51(66)54-43(47(39)64)42(41)56-53/h12-14,17,24,27-28,30-32,34-35,44-45,48,55,61-64H,15-16,18-23,25-26H2,1-11H3/b13-12+,24-17+,29-14-,54-43?/t28-,30+,31+,32+,35-,44-,45+,48+,52-/m0/s1. The number of hydrogen-bond donors (Lipinski definition) is 5. The summed E-state index contributed by atoms with van der Waals surface area (Å²) in [5.41, 5.74) is -0.250. The number of allylic oxidation sites excluding steroid dienone is 2. The summed E-state index contributed by atoms with van der Waals surface area (Å²) in [4.78, 5) is 69.6. The lowest BCUT2D eigenvalue weighted by molar-refractivity contribution is -0.169. The number of aromatic hydroxyl groups is 2. The Kier molecular flexibility index (Phi) is 16.1. The number of phenolic OH excluding ortho intramolecular Hbond substituents is 2. The summed E-state index contributed by atoms with van der Waals surface area (Å²) in [6, 6.07) is 0. The van der Waals surface area contributed by atoms with Crippen LogP contribution in [0.25, 0.3) is 10.8 Å². The highest BCUT2D eigenvalue weighted by Crippen LogP contribution is 2.51. The molecule has 1 spiro atoms. The van der Waals surface area contributed by atoms with Gasteiger partial charge in [0.2, 0.25) is 0 Å². The number of aliphatic hydroxyl groups excluding tert-OH is 2. The van der Waals surface area contributed by atoms with Gasteiger partial charge in [0.1, 0.15) is 46.5 Å². The number of rotatable bonds is 7. The summed E-state index contributed by atoms with van der Waals surface area (Å²) < 4.78 is 30.1. The number of nitrogens with one attached hydrogen (secondary N) is 1. The second-order valence-corrected chi connectivity index (χ2v) is 21.0. The van der Waals surface area contributed by atoms with E-state index in [1.54, 1.807) is 53.7 Å². The number of piperidine rings is 2. The first-order chi connectivity index (χ1) is 33.5. The Balaban J connectivity index is 1.30.